The molecule has 2 aliphatic rings. The van der Waals surface area contributed by atoms with Crippen LogP contribution in [0.2, 0.25) is 0 Å². The van der Waals surface area contributed by atoms with Crippen molar-refractivity contribution in [2.75, 3.05) is 25.0 Å². The molecule has 0 aliphatic carbocycles. The second-order valence-corrected chi connectivity index (χ2v) is 10.4. The number of likely N-dealkylation sites (tertiary alicyclic amines) is 1. The van der Waals surface area contributed by atoms with Crippen LogP contribution in [-0.4, -0.2) is 67.1 Å². The first-order valence-electron chi connectivity index (χ1n) is 10.6. The summed E-state index contributed by atoms with van der Waals surface area (Å²) in [4.78, 5) is 37.6. The quantitative estimate of drug-likeness (QED) is 0.675. The Hall–Kier alpha value is -2.46. The van der Waals surface area contributed by atoms with Crippen LogP contribution in [0, 0.1) is 5.92 Å². The normalized spacial score (nSPS) is 20.8. The van der Waals surface area contributed by atoms with Gasteiger partial charge in [-0.1, -0.05) is 0 Å². The van der Waals surface area contributed by atoms with Gasteiger partial charge in [0.15, 0.2) is 0 Å². The minimum Gasteiger partial charge on any atom is -0.353 e. The number of anilines is 1. The molecule has 3 rings (SSSR count). The molecule has 9 nitrogen and oxygen atoms in total. The van der Waals surface area contributed by atoms with Crippen LogP contribution in [0.25, 0.3) is 0 Å². The van der Waals surface area contributed by atoms with Gasteiger partial charge in [0.2, 0.25) is 27.7 Å². The Morgan fingerprint density at radius 1 is 1.10 bits per heavy atom. The summed E-state index contributed by atoms with van der Waals surface area (Å²) < 4.78 is 27.2. The summed E-state index contributed by atoms with van der Waals surface area (Å²) in [6, 6.07) is 6.04. The molecule has 2 saturated heterocycles. The lowest BCUT2D eigenvalue weighted by Crippen LogP contribution is -2.48. The molecule has 0 bridgehead atoms. The van der Waals surface area contributed by atoms with Crippen molar-refractivity contribution in [1.29, 1.82) is 0 Å². The van der Waals surface area contributed by atoms with E-state index in [1.807, 2.05) is 13.8 Å². The zero-order valence-electron chi connectivity index (χ0n) is 18.1. The van der Waals surface area contributed by atoms with Crippen LogP contribution in [0.1, 0.15) is 40.0 Å². The molecule has 1 aromatic rings. The number of carbonyl (C=O) groups is 3. The predicted molar refractivity (Wildman–Crippen MR) is 116 cm³/mol. The summed E-state index contributed by atoms with van der Waals surface area (Å²) in [5, 5.41) is 5.61. The average Bonchev–Trinajstić information content (AvgIpc) is 3.10. The number of hydrogen-bond acceptors (Lipinski definition) is 5. The third kappa shape index (κ3) is 5.43. The number of rotatable bonds is 6. The maximum Gasteiger partial charge on any atom is 0.243 e. The number of nitrogens with zero attached hydrogens (tertiary/aromatic N) is 2. The second kappa shape index (κ2) is 9.35. The number of benzene rings is 1. The van der Waals surface area contributed by atoms with Crippen molar-refractivity contribution in [2.24, 2.45) is 5.92 Å². The molecule has 31 heavy (non-hydrogen) atoms. The molecule has 2 fully saturated rings. The predicted octanol–water partition coefficient (Wildman–Crippen LogP) is 1.17. The summed E-state index contributed by atoms with van der Waals surface area (Å²) >= 11 is 0. The Morgan fingerprint density at radius 3 is 2.23 bits per heavy atom. The Morgan fingerprint density at radius 2 is 1.71 bits per heavy atom. The van der Waals surface area contributed by atoms with Crippen LogP contribution in [0.15, 0.2) is 29.2 Å². The van der Waals surface area contributed by atoms with Gasteiger partial charge in [0.25, 0.3) is 0 Å². The summed E-state index contributed by atoms with van der Waals surface area (Å²) in [5.74, 6) is -0.704. The Balaban J connectivity index is 1.53. The molecule has 170 valence electrons. The minimum atomic E-state index is -3.64. The first-order valence-corrected chi connectivity index (χ1v) is 12.0. The fraction of sp³-hybridized carbons (Fsp3) is 0.571. The molecule has 2 N–H and O–H groups in total. The van der Waals surface area contributed by atoms with E-state index in [2.05, 4.69) is 10.6 Å². The van der Waals surface area contributed by atoms with Crippen molar-refractivity contribution in [3.63, 3.8) is 0 Å². The maximum atomic E-state index is 12.9. The average molecular weight is 451 g/mol. The Labute approximate surface area is 183 Å². The molecule has 3 amide bonds. The summed E-state index contributed by atoms with van der Waals surface area (Å²) in [6.45, 7) is 6.30. The van der Waals surface area contributed by atoms with E-state index in [4.69, 9.17) is 0 Å². The summed E-state index contributed by atoms with van der Waals surface area (Å²) in [5.41, 5.74) is 0.536. The zero-order valence-corrected chi connectivity index (χ0v) is 18.9. The van der Waals surface area contributed by atoms with Crippen LogP contribution < -0.4 is 10.6 Å². The molecular formula is C21H30N4O5S. The second-order valence-electron chi connectivity index (χ2n) is 8.43. The van der Waals surface area contributed by atoms with Crippen LogP contribution >= 0.6 is 0 Å². The molecule has 10 heteroatoms. The number of amides is 3. The maximum absolute atomic E-state index is 12.9. The summed E-state index contributed by atoms with van der Waals surface area (Å²) in [6.07, 6.45) is 1.26. The summed E-state index contributed by atoms with van der Waals surface area (Å²) in [7, 11) is -3.64. The van der Waals surface area contributed by atoms with Crippen LogP contribution in [0.5, 0.6) is 0 Å². The molecule has 0 aromatic heterocycles. The van der Waals surface area contributed by atoms with Crippen molar-refractivity contribution in [2.45, 2.75) is 57.0 Å². The number of nitrogens with one attached hydrogen (secondary N) is 2. The molecule has 2 heterocycles. The Bertz CT molecular complexity index is 937. The first-order chi connectivity index (χ1) is 14.6. The van der Waals surface area contributed by atoms with Gasteiger partial charge in [0, 0.05) is 50.7 Å². The molecule has 0 spiro atoms. The fourth-order valence-electron chi connectivity index (χ4n) is 4.03. The SMILES string of the molecule is CC(=O)Nc1ccc(S(=O)(=O)N2CCC(NC(=O)C3CC(=O)N(C(C)C)C3)CC2)cc1. The standard InChI is InChI=1S/C21H30N4O5S/c1-14(2)25-13-16(12-20(25)27)21(28)23-18-8-10-24(11-9-18)31(29,30)19-6-4-17(5-7-19)22-15(3)26/h4-7,14,16,18H,8-13H2,1-3H3,(H,22,26)(H,23,28). The van der Waals surface area contributed by atoms with Gasteiger partial charge >= 0.3 is 0 Å². The lowest BCUT2D eigenvalue weighted by molar-refractivity contribution is -0.130. The highest BCUT2D eigenvalue weighted by atomic mass is 32.2. The minimum absolute atomic E-state index is 0.000541. The lowest BCUT2D eigenvalue weighted by Gasteiger charge is -2.32. The number of hydrogen-bond donors (Lipinski definition) is 2. The highest BCUT2D eigenvalue weighted by Gasteiger charge is 2.37. The van der Waals surface area contributed by atoms with Crippen molar-refractivity contribution < 1.29 is 22.8 Å². The van der Waals surface area contributed by atoms with Crippen molar-refractivity contribution in [1.82, 2.24) is 14.5 Å². The monoisotopic (exact) mass is 450 g/mol. The van der Waals surface area contributed by atoms with Gasteiger partial charge < -0.3 is 15.5 Å². The van der Waals surface area contributed by atoms with E-state index in [1.54, 1.807) is 17.0 Å². The van der Waals surface area contributed by atoms with Crippen LogP contribution in [0.4, 0.5) is 5.69 Å². The van der Waals surface area contributed by atoms with E-state index < -0.39 is 10.0 Å². The molecule has 2 aliphatic heterocycles. The largest absolute Gasteiger partial charge is 0.353 e. The third-order valence-corrected chi connectivity index (χ3v) is 7.68. The van der Waals surface area contributed by atoms with Gasteiger partial charge in [-0.2, -0.15) is 4.31 Å². The third-order valence-electron chi connectivity index (χ3n) is 5.77. The van der Waals surface area contributed by atoms with Gasteiger partial charge in [-0.25, -0.2) is 8.42 Å². The molecule has 1 aromatic carbocycles. The van der Waals surface area contributed by atoms with Crippen molar-refractivity contribution >= 4 is 33.4 Å². The van der Waals surface area contributed by atoms with Crippen molar-refractivity contribution in [3.8, 4) is 0 Å². The highest BCUT2D eigenvalue weighted by molar-refractivity contribution is 7.89. The first kappa shape index (κ1) is 23.2. The molecule has 1 atom stereocenters. The van der Waals surface area contributed by atoms with Gasteiger partial charge in [-0.3, -0.25) is 14.4 Å². The number of piperidine rings is 1. The van der Waals surface area contributed by atoms with Gasteiger partial charge in [-0.05, 0) is 51.0 Å². The fourth-order valence-corrected chi connectivity index (χ4v) is 5.50. The highest BCUT2D eigenvalue weighted by Crippen LogP contribution is 2.24. The number of sulfonamides is 1. The van der Waals surface area contributed by atoms with E-state index in [0.717, 1.165) is 0 Å². The van der Waals surface area contributed by atoms with Gasteiger partial charge in [0.05, 0.1) is 10.8 Å². The lowest BCUT2D eigenvalue weighted by atomic mass is 10.0. The van der Waals surface area contributed by atoms with E-state index in [0.29, 0.717) is 38.2 Å². The molecular weight excluding hydrogens is 420 g/mol. The van der Waals surface area contributed by atoms with E-state index >= 15 is 0 Å². The number of carbonyl (C=O) groups excluding carboxylic acids is 3. The smallest absolute Gasteiger partial charge is 0.243 e. The Kier molecular flexibility index (Phi) is 7.00. The molecule has 0 saturated carbocycles. The van der Waals surface area contributed by atoms with E-state index in [9.17, 15) is 22.8 Å². The van der Waals surface area contributed by atoms with Crippen LogP contribution in [-0.2, 0) is 24.4 Å². The zero-order chi connectivity index (χ0) is 22.8. The molecule has 0 radical (unpaired) electrons. The molecule has 1 unspecified atom stereocenters. The van der Waals surface area contributed by atoms with E-state index in [1.165, 1.54) is 23.4 Å². The van der Waals surface area contributed by atoms with Gasteiger partial charge in [0.1, 0.15) is 0 Å². The van der Waals surface area contributed by atoms with E-state index in [-0.39, 0.29) is 47.0 Å². The van der Waals surface area contributed by atoms with Gasteiger partial charge in [-0.15, -0.1) is 0 Å². The van der Waals surface area contributed by atoms with Crippen LogP contribution in [0.3, 0.4) is 0 Å². The van der Waals surface area contributed by atoms with Crippen molar-refractivity contribution in [3.05, 3.63) is 24.3 Å². The topological polar surface area (TPSA) is 116 Å².